The second-order valence-corrected chi connectivity index (χ2v) is 10.1. The molecule has 3 aromatic carbocycles. The molecule has 1 nitrogen and oxygen atoms in total. The summed E-state index contributed by atoms with van der Waals surface area (Å²) in [6.07, 6.45) is 3.31. The summed E-state index contributed by atoms with van der Waals surface area (Å²) in [7, 11) is -2.26. The molecule has 0 unspecified atom stereocenters. The second kappa shape index (κ2) is 6.73. The van der Waals surface area contributed by atoms with Gasteiger partial charge in [-0.15, -0.1) is 0 Å². The van der Waals surface area contributed by atoms with Gasteiger partial charge in [-0.05, 0) is 35.8 Å². The van der Waals surface area contributed by atoms with Gasteiger partial charge in [-0.1, -0.05) is 90.5 Å². The molecule has 1 aliphatic heterocycles. The van der Waals surface area contributed by atoms with Crippen LogP contribution in [0.2, 0.25) is 6.04 Å². The molecule has 1 aliphatic rings. The van der Waals surface area contributed by atoms with Crippen LogP contribution in [-0.2, 0) is 4.43 Å². The highest BCUT2D eigenvalue weighted by atomic mass is 28.4. The van der Waals surface area contributed by atoms with Crippen molar-refractivity contribution in [2.75, 3.05) is 0 Å². The highest BCUT2D eigenvalue weighted by Crippen LogP contribution is 2.30. The van der Waals surface area contributed by atoms with Crippen molar-refractivity contribution in [2.45, 2.75) is 19.4 Å². The van der Waals surface area contributed by atoms with E-state index in [1.54, 1.807) is 0 Å². The topological polar surface area (TPSA) is 9.23 Å². The van der Waals surface area contributed by atoms with Gasteiger partial charge in [0.05, 0.1) is 0 Å². The van der Waals surface area contributed by atoms with Crippen molar-refractivity contribution in [3.05, 3.63) is 102 Å². The fraction of sp³-hybridized carbons (Fsp3) is 0.130. The minimum absolute atomic E-state index is 1.03. The number of hydrogen-bond donors (Lipinski definition) is 0. The molecule has 0 bridgehead atoms. The Morgan fingerprint density at radius 1 is 0.720 bits per heavy atom. The number of allylic oxidation sites excluding steroid dienone is 1. The zero-order valence-corrected chi connectivity index (χ0v) is 15.5. The van der Waals surface area contributed by atoms with E-state index in [1.807, 2.05) is 0 Å². The molecule has 1 heterocycles. The summed E-state index contributed by atoms with van der Waals surface area (Å²) in [4.78, 5) is 0. The number of rotatable bonds is 3. The van der Waals surface area contributed by atoms with E-state index in [2.05, 4.69) is 97.9 Å². The van der Waals surface area contributed by atoms with Crippen molar-refractivity contribution in [3.63, 3.8) is 0 Å². The minimum atomic E-state index is -2.26. The molecule has 3 aromatic rings. The highest BCUT2D eigenvalue weighted by Gasteiger charge is 2.43. The van der Waals surface area contributed by atoms with Crippen LogP contribution in [0.3, 0.4) is 0 Å². The Morgan fingerprint density at radius 2 is 1.28 bits per heavy atom. The van der Waals surface area contributed by atoms with Crippen molar-refractivity contribution in [3.8, 4) is 0 Å². The van der Waals surface area contributed by atoms with E-state index >= 15 is 0 Å². The summed E-state index contributed by atoms with van der Waals surface area (Å²) in [5, 5.41) is 2.69. The van der Waals surface area contributed by atoms with Gasteiger partial charge >= 0.3 is 8.32 Å². The van der Waals surface area contributed by atoms with Crippen LogP contribution in [-0.4, -0.2) is 8.32 Å². The highest BCUT2D eigenvalue weighted by molar-refractivity contribution is 6.98. The van der Waals surface area contributed by atoms with E-state index in [1.165, 1.54) is 21.5 Å². The molecule has 0 N–H and O–H groups in total. The standard InChI is InChI=1S/C23H22OSi/c1-19-14-16-20(17-15-19)23-13-8-18-25(24-23,21-9-4-2-5-10-21)22-11-6-3-7-12-22/h2-7,9-17H,8,18H2,1H3. The molecule has 0 radical (unpaired) electrons. The third kappa shape index (κ3) is 3.05. The Bertz CT molecular complexity index is 827. The Hall–Kier alpha value is -2.58. The summed E-state index contributed by atoms with van der Waals surface area (Å²) in [5.41, 5.74) is 2.45. The van der Waals surface area contributed by atoms with Crippen LogP contribution in [0.15, 0.2) is 91.0 Å². The van der Waals surface area contributed by atoms with Crippen LogP contribution in [0.4, 0.5) is 0 Å². The lowest BCUT2D eigenvalue weighted by Gasteiger charge is -2.36. The Labute approximate surface area is 150 Å². The van der Waals surface area contributed by atoms with E-state index < -0.39 is 8.32 Å². The Kier molecular flexibility index (Phi) is 4.29. The first-order valence-corrected chi connectivity index (χ1v) is 11.0. The van der Waals surface area contributed by atoms with E-state index in [4.69, 9.17) is 4.43 Å². The predicted octanol–water partition coefficient (Wildman–Crippen LogP) is 4.52. The molecule has 124 valence electrons. The third-order valence-corrected chi connectivity index (χ3v) is 9.02. The lowest BCUT2D eigenvalue weighted by Crippen LogP contribution is -2.61. The van der Waals surface area contributed by atoms with Crippen molar-refractivity contribution < 1.29 is 4.43 Å². The minimum Gasteiger partial charge on any atom is -0.534 e. The van der Waals surface area contributed by atoms with Crippen molar-refractivity contribution >= 4 is 24.5 Å². The lowest BCUT2D eigenvalue weighted by molar-refractivity contribution is 0.505. The van der Waals surface area contributed by atoms with Crippen molar-refractivity contribution in [2.24, 2.45) is 0 Å². The average Bonchev–Trinajstić information content (AvgIpc) is 2.70. The van der Waals surface area contributed by atoms with Gasteiger partial charge in [-0.25, -0.2) is 0 Å². The lowest BCUT2D eigenvalue weighted by atomic mass is 10.1. The molecule has 2 heteroatoms. The largest absolute Gasteiger partial charge is 0.534 e. The maximum absolute atomic E-state index is 6.87. The van der Waals surface area contributed by atoms with Crippen LogP contribution in [0, 0.1) is 6.92 Å². The van der Waals surface area contributed by atoms with Crippen molar-refractivity contribution in [1.82, 2.24) is 0 Å². The van der Waals surface area contributed by atoms with Gasteiger partial charge in [0.2, 0.25) is 0 Å². The molecule has 4 rings (SSSR count). The molecule has 0 aromatic heterocycles. The first kappa shape index (κ1) is 15.9. The summed E-state index contributed by atoms with van der Waals surface area (Å²) in [6, 6.07) is 31.3. The van der Waals surface area contributed by atoms with Gasteiger partial charge in [0.25, 0.3) is 0 Å². The third-order valence-electron chi connectivity index (χ3n) is 4.93. The Balaban J connectivity index is 1.80. The summed E-state index contributed by atoms with van der Waals surface area (Å²) in [6.45, 7) is 2.12. The molecule has 25 heavy (non-hydrogen) atoms. The molecule has 0 aliphatic carbocycles. The SMILES string of the molecule is Cc1ccc(C2=CCC[Si](c3ccccc3)(c3ccccc3)O2)cc1. The van der Waals surface area contributed by atoms with E-state index in [0.29, 0.717) is 0 Å². The fourth-order valence-corrected chi connectivity index (χ4v) is 7.41. The molecule has 0 amide bonds. The molecule has 0 fully saturated rings. The first-order chi connectivity index (χ1) is 12.3. The quantitative estimate of drug-likeness (QED) is 0.636. The molecule has 0 atom stereocenters. The smallest absolute Gasteiger partial charge is 0.315 e. The first-order valence-electron chi connectivity index (χ1n) is 8.85. The van der Waals surface area contributed by atoms with Gasteiger partial charge in [0, 0.05) is 5.56 Å². The number of hydrogen-bond acceptors (Lipinski definition) is 1. The van der Waals surface area contributed by atoms with Crippen LogP contribution in [0.1, 0.15) is 17.5 Å². The second-order valence-electron chi connectivity index (χ2n) is 6.63. The van der Waals surface area contributed by atoms with Crippen LogP contribution in [0.25, 0.3) is 5.76 Å². The zero-order valence-electron chi connectivity index (χ0n) is 14.5. The summed E-state index contributed by atoms with van der Waals surface area (Å²) in [5.74, 6) is 1.03. The molecular formula is C23H22OSi. The van der Waals surface area contributed by atoms with Gasteiger partial charge in [0.15, 0.2) is 0 Å². The van der Waals surface area contributed by atoms with Gasteiger partial charge in [-0.2, -0.15) is 0 Å². The number of benzene rings is 3. The summed E-state index contributed by atoms with van der Waals surface area (Å²) >= 11 is 0. The molecular weight excluding hydrogens is 320 g/mol. The fourth-order valence-electron chi connectivity index (χ4n) is 3.57. The molecule has 0 saturated heterocycles. The van der Waals surface area contributed by atoms with Crippen LogP contribution < -0.4 is 10.4 Å². The monoisotopic (exact) mass is 342 g/mol. The molecule has 0 saturated carbocycles. The summed E-state index contributed by atoms with van der Waals surface area (Å²) < 4.78 is 6.87. The number of aryl methyl sites for hydroxylation is 1. The maximum atomic E-state index is 6.87. The zero-order chi connectivity index (χ0) is 17.1. The van der Waals surface area contributed by atoms with Crippen LogP contribution >= 0.6 is 0 Å². The Morgan fingerprint density at radius 3 is 1.84 bits per heavy atom. The van der Waals surface area contributed by atoms with Gasteiger partial charge < -0.3 is 4.43 Å². The van der Waals surface area contributed by atoms with E-state index in [0.717, 1.165) is 18.2 Å². The average molecular weight is 343 g/mol. The van der Waals surface area contributed by atoms with E-state index in [-0.39, 0.29) is 0 Å². The van der Waals surface area contributed by atoms with Crippen LogP contribution in [0.5, 0.6) is 0 Å². The normalized spacial score (nSPS) is 16.0. The maximum Gasteiger partial charge on any atom is 0.315 e. The van der Waals surface area contributed by atoms with E-state index in [9.17, 15) is 0 Å². The van der Waals surface area contributed by atoms with Crippen molar-refractivity contribution in [1.29, 1.82) is 0 Å². The van der Waals surface area contributed by atoms with Gasteiger partial charge in [0.1, 0.15) is 5.76 Å². The van der Waals surface area contributed by atoms with Gasteiger partial charge in [-0.3, -0.25) is 0 Å². The molecule has 0 spiro atoms. The predicted molar refractivity (Wildman–Crippen MR) is 108 cm³/mol.